The molecule has 0 saturated carbocycles. The van der Waals surface area contributed by atoms with Gasteiger partial charge < -0.3 is 47.5 Å². The fraction of sp³-hybridized carbons (Fsp3) is 0.333. The van der Waals surface area contributed by atoms with Crippen LogP contribution >= 0.6 is 0 Å². The van der Waals surface area contributed by atoms with Crippen LogP contribution in [0.5, 0.6) is 11.5 Å². The standard InChI is InChI=1S/C11H18N2O2.C10H16N2O2.C6H6N2O2/c1-9-8-10(2-3-11(9)12)13(4-6-14)5-7-15;1-3-13-9-5-8(12)10(14-4-2)6-7(9)11;7-5-1-3-6(4-2-5)8(9)10/h2-3,8,14-15H,4-7,12H2,1H3;5-6H,3-4,11-12H2,1-2H3;1-4H,7H2. The van der Waals surface area contributed by atoms with Gasteiger partial charge in [-0.1, -0.05) is 0 Å². The molecule has 0 fully saturated rings. The van der Waals surface area contributed by atoms with Crippen molar-refractivity contribution in [3.05, 3.63) is 70.3 Å². The highest BCUT2D eigenvalue weighted by atomic mass is 16.6. The molecule has 0 atom stereocenters. The summed E-state index contributed by atoms with van der Waals surface area (Å²) in [6.07, 6.45) is 0. The van der Waals surface area contributed by atoms with Crippen LogP contribution in [0, 0.1) is 17.0 Å². The lowest BCUT2D eigenvalue weighted by atomic mass is 10.1. The van der Waals surface area contributed by atoms with Gasteiger partial charge in [0.2, 0.25) is 0 Å². The SMILES string of the molecule is CCOc1cc(N)c(OCC)cc1N.Cc1cc(N(CCO)CCO)ccc1N.Nc1ccc([N+](=O)[O-])cc1. The number of aryl methyl sites for hydroxylation is 1. The second-order valence-electron chi connectivity index (χ2n) is 8.12. The average molecular weight is 545 g/mol. The van der Waals surface area contributed by atoms with E-state index in [4.69, 9.17) is 42.6 Å². The van der Waals surface area contributed by atoms with Crippen molar-refractivity contribution in [2.24, 2.45) is 0 Å². The summed E-state index contributed by atoms with van der Waals surface area (Å²) in [6.45, 7) is 8.04. The fourth-order valence-corrected chi connectivity index (χ4v) is 3.22. The van der Waals surface area contributed by atoms with Crippen molar-refractivity contribution in [2.45, 2.75) is 20.8 Å². The van der Waals surface area contributed by atoms with E-state index in [2.05, 4.69) is 0 Å². The minimum atomic E-state index is -0.459. The zero-order valence-electron chi connectivity index (χ0n) is 22.7. The van der Waals surface area contributed by atoms with Crippen LogP contribution < -0.4 is 37.3 Å². The number of hydrogen-bond acceptors (Lipinski definition) is 11. The van der Waals surface area contributed by atoms with Gasteiger partial charge in [-0.15, -0.1) is 0 Å². The number of hydrogen-bond donors (Lipinski definition) is 6. The molecule has 0 bridgehead atoms. The highest BCUT2D eigenvalue weighted by Crippen LogP contribution is 2.32. The first-order chi connectivity index (χ1) is 18.6. The molecule has 39 heavy (non-hydrogen) atoms. The quantitative estimate of drug-likeness (QED) is 0.124. The molecule has 0 aromatic heterocycles. The third kappa shape index (κ3) is 11.2. The number of nitrogens with zero attached hydrogens (tertiary/aromatic N) is 2. The lowest BCUT2D eigenvalue weighted by Gasteiger charge is -2.23. The lowest BCUT2D eigenvalue weighted by Crippen LogP contribution is -2.29. The van der Waals surface area contributed by atoms with Gasteiger partial charge >= 0.3 is 0 Å². The van der Waals surface area contributed by atoms with E-state index < -0.39 is 4.92 Å². The predicted octanol–water partition coefficient (Wildman–Crippen LogP) is 3.19. The van der Waals surface area contributed by atoms with Gasteiger partial charge in [0.15, 0.2) is 0 Å². The lowest BCUT2D eigenvalue weighted by molar-refractivity contribution is -0.384. The van der Waals surface area contributed by atoms with E-state index >= 15 is 0 Å². The third-order valence-corrected chi connectivity index (χ3v) is 5.20. The first kappa shape index (κ1) is 32.6. The van der Waals surface area contributed by atoms with E-state index in [0.717, 1.165) is 16.9 Å². The predicted molar refractivity (Wildman–Crippen MR) is 157 cm³/mol. The molecule has 10 N–H and O–H groups in total. The Kier molecular flexibility index (Phi) is 14.3. The van der Waals surface area contributed by atoms with Gasteiger partial charge in [-0.3, -0.25) is 10.1 Å². The van der Waals surface area contributed by atoms with Crippen LogP contribution in [-0.2, 0) is 0 Å². The topological polar surface area (TPSA) is 209 Å². The van der Waals surface area contributed by atoms with E-state index in [-0.39, 0.29) is 18.9 Å². The fourth-order valence-electron chi connectivity index (χ4n) is 3.22. The Bertz CT molecular complexity index is 1120. The molecule has 0 heterocycles. The molecular weight excluding hydrogens is 504 g/mol. The van der Waals surface area contributed by atoms with E-state index in [1.165, 1.54) is 24.3 Å². The number of nitro benzene ring substituents is 1. The van der Waals surface area contributed by atoms with Gasteiger partial charge in [0.1, 0.15) is 11.5 Å². The normalized spacial score (nSPS) is 9.87. The molecule has 0 aliphatic rings. The molecule has 0 saturated heterocycles. The van der Waals surface area contributed by atoms with Crippen molar-refractivity contribution in [3.8, 4) is 11.5 Å². The van der Waals surface area contributed by atoms with Gasteiger partial charge in [0.05, 0.1) is 42.7 Å². The summed E-state index contributed by atoms with van der Waals surface area (Å²) in [6, 6.07) is 14.8. The second kappa shape index (κ2) is 17.2. The number of rotatable bonds is 10. The number of nitro groups is 1. The second-order valence-corrected chi connectivity index (χ2v) is 8.12. The molecule has 0 amide bonds. The Morgan fingerprint density at radius 1 is 0.795 bits per heavy atom. The Hall–Kier alpha value is -4.42. The Labute approximate surface area is 228 Å². The van der Waals surface area contributed by atoms with Crippen LogP contribution in [0.15, 0.2) is 54.6 Å². The number of ether oxygens (including phenoxy) is 2. The van der Waals surface area contributed by atoms with E-state index in [1.54, 1.807) is 12.1 Å². The maximum atomic E-state index is 10.1. The van der Waals surface area contributed by atoms with Crippen molar-refractivity contribution in [3.63, 3.8) is 0 Å². The van der Waals surface area contributed by atoms with E-state index in [1.807, 2.05) is 43.9 Å². The zero-order valence-corrected chi connectivity index (χ0v) is 22.7. The van der Waals surface area contributed by atoms with Gasteiger partial charge in [0.25, 0.3) is 5.69 Å². The number of benzene rings is 3. The molecule has 3 aromatic rings. The van der Waals surface area contributed by atoms with Crippen molar-refractivity contribution in [1.82, 2.24) is 0 Å². The highest BCUT2D eigenvalue weighted by molar-refractivity contribution is 5.67. The van der Waals surface area contributed by atoms with Gasteiger partial charge in [-0.2, -0.15) is 0 Å². The first-order valence-corrected chi connectivity index (χ1v) is 12.3. The summed E-state index contributed by atoms with van der Waals surface area (Å²) >= 11 is 0. The number of non-ortho nitro benzene ring substituents is 1. The molecule has 0 aliphatic heterocycles. The summed E-state index contributed by atoms with van der Waals surface area (Å²) in [5, 5.41) is 27.9. The molecule has 0 spiro atoms. The van der Waals surface area contributed by atoms with Crippen LogP contribution in [0.25, 0.3) is 0 Å². The van der Waals surface area contributed by atoms with Gasteiger partial charge in [0, 0.05) is 54.4 Å². The summed E-state index contributed by atoms with van der Waals surface area (Å²) in [7, 11) is 0. The smallest absolute Gasteiger partial charge is 0.269 e. The van der Waals surface area contributed by atoms with Gasteiger partial charge in [-0.05, 0) is 56.7 Å². The molecular formula is C27H40N6O6. The molecule has 3 rings (SSSR count). The molecule has 12 heteroatoms. The molecule has 0 unspecified atom stereocenters. The summed E-state index contributed by atoms with van der Waals surface area (Å²) in [5.41, 5.74) is 26.9. The molecule has 3 aromatic carbocycles. The summed E-state index contributed by atoms with van der Waals surface area (Å²) in [4.78, 5) is 11.5. The zero-order chi connectivity index (χ0) is 29.4. The van der Waals surface area contributed by atoms with Crippen LogP contribution in [0.2, 0.25) is 0 Å². The Balaban J connectivity index is 0.000000298. The molecule has 12 nitrogen and oxygen atoms in total. The first-order valence-electron chi connectivity index (χ1n) is 12.3. The molecule has 214 valence electrons. The third-order valence-electron chi connectivity index (χ3n) is 5.20. The number of aliphatic hydroxyl groups is 2. The van der Waals surface area contributed by atoms with E-state index in [0.29, 0.717) is 54.9 Å². The number of aliphatic hydroxyl groups excluding tert-OH is 2. The summed E-state index contributed by atoms with van der Waals surface area (Å²) in [5.74, 6) is 1.21. The van der Waals surface area contributed by atoms with Crippen molar-refractivity contribution in [1.29, 1.82) is 0 Å². The Morgan fingerprint density at radius 2 is 1.28 bits per heavy atom. The highest BCUT2D eigenvalue weighted by Gasteiger charge is 2.07. The summed E-state index contributed by atoms with van der Waals surface area (Å²) < 4.78 is 10.6. The van der Waals surface area contributed by atoms with E-state index in [9.17, 15) is 10.1 Å². The monoisotopic (exact) mass is 544 g/mol. The number of nitrogens with two attached hydrogens (primary N) is 4. The van der Waals surface area contributed by atoms with Crippen LogP contribution in [0.1, 0.15) is 19.4 Å². The van der Waals surface area contributed by atoms with Crippen molar-refractivity contribution < 1.29 is 24.6 Å². The minimum absolute atomic E-state index is 0.0641. The van der Waals surface area contributed by atoms with Crippen LogP contribution in [0.4, 0.5) is 34.1 Å². The number of nitrogen functional groups attached to an aromatic ring is 4. The molecule has 0 radical (unpaired) electrons. The average Bonchev–Trinajstić information content (AvgIpc) is 2.90. The number of anilines is 5. The maximum absolute atomic E-state index is 10.1. The van der Waals surface area contributed by atoms with Crippen molar-refractivity contribution >= 4 is 34.1 Å². The molecule has 0 aliphatic carbocycles. The largest absolute Gasteiger partial charge is 0.492 e. The minimum Gasteiger partial charge on any atom is -0.492 e. The van der Waals surface area contributed by atoms with Gasteiger partial charge in [-0.25, -0.2) is 0 Å². The van der Waals surface area contributed by atoms with Crippen LogP contribution in [-0.4, -0.2) is 54.7 Å². The Morgan fingerprint density at radius 3 is 1.67 bits per heavy atom. The maximum Gasteiger partial charge on any atom is 0.269 e. The van der Waals surface area contributed by atoms with Crippen molar-refractivity contribution in [2.75, 3.05) is 67.4 Å². The van der Waals surface area contributed by atoms with Crippen LogP contribution in [0.3, 0.4) is 0 Å².